The van der Waals surface area contributed by atoms with Gasteiger partial charge in [0.05, 0.1) is 0 Å². The van der Waals surface area contributed by atoms with Gasteiger partial charge in [0, 0.05) is 13.2 Å². The van der Waals surface area contributed by atoms with Crippen molar-refractivity contribution < 1.29 is 5.11 Å². The van der Waals surface area contributed by atoms with Crippen LogP contribution in [0.2, 0.25) is 0 Å². The zero-order valence-corrected chi connectivity index (χ0v) is 10.2. The number of piperidine rings is 1. The molecule has 1 fully saturated rings. The Morgan fingerprint density at radius 3 is 2.33 bits per heavy atom. The molecule has 1 unspecified atom stereocenters. The summed E-state index contributed by atoms with van der Waals surface area (Å²) in [5.74, 6) is 1.83. The van der Waals surface area contributed by atoms with E-state index in [4.69, 9.17) is 10.8 Å². The number of nitrogens with two attached hydrogens (primary N) is 1. The lowest BCUT2D eigenvalue weighted by atomic mass is 9.92. The first-order valence-corrected chi connectivity index (χ1v) is 6.20. The molecule has 1 saturated heterocycles. The first-order chi connectivity index (χ1) is 7.17. The highest BCUT2D eigenvalue weighted by Gasteiger charge is 2.21. The molecule has 0 bridgehead atoms. The van der Waals surface area contributed by atoms with Gasteiger partial charge in [-0.1, -0.05) is 13.8 Å². The maximum atomic E-state index is 9.06. The minimum Gasteiger partial charge on any atom is -0.396 e. The molecule has 90 valence electrons. The second-order valence-electron chi connectivity index (χ2n) is 5.17. The summed E-state index contributed by atoms with van der Waals surface area (Å²) < 4.78 is 0. The molecule has 1 aliphatic heterocycles. The molecule has 3 nitrogen and oxygen atoms in total. The molecule has 0 aliphatic carbocycles. The monoisotopic (exact) mass is 214 g/mol. The predicted octanol–water partition coefficient (Wildman–Crippen LogP) is 0.922. The van der Waals surface area contributed by atoms with Crippen LogP contribution in [0.3, 0.4) is 0 Å². The fourth-order valence-electron chi connectivity index (χ4n) is 2.24. The highest BCUT2D eigenvalue weighted by atomic mass is 16.3. The normalized spacial score (nSPS) is 22.2. The molecule has 1 rings (SSSR count). The van der Waals surface area contributed by atoms with E-state index >= 15 is 0 Å². The van der Waals surface area contributed by atoms with Crippen molar-refractivity contribution in [3.63, 3.8) is 0 Å². The summed E-state index contributed by atoms with van der Waals surface area (Å²) in [6.07, 6.45) is 2.29. The van der Waals surface area contributed by atoms with Gasteiger partial charge in [-0.15, -0.1) is 0 Å². The zero-order valence-electron chi connectivity index (χ0n) is 10.2. The van der Waals surface area contributed by atoms with Crippen LogP contribution in [0.5, 0.6) is 0 Å². The first-order valence-electron chi connectivity index (χ1n) is 6.20. The Bertz CT molecular complexity index is 165. The standard InChI is InChI=1S/C12H26N2O/c1-10(2)12(7-13)8-14-5-3-11(9-15)4-6-14/h10-12,15H,3-9,13H2,1-2H3. The third-order valence-electron chi connectivity index (χ3n) is 3.70. The van der Waals surface area contributed by atoms with Gasteiger partial charge < -0.3 is 15.7 Å². The van der Waals surface area contributed by atoms with E-state index < -0.39 is 0 Å². The lowest BCUT2D eigenvalue weighted by Crippen LogP contribution is -2.40. The zero-order chi connectivity index (χ0) is 11.3. The molecule has 0 aromatic rings. The molecular weight excluding hydrogens is 188 g/mol. The summed E-state index contributed by atoms with van der Waals surface area (Å²) in [5.41, 5.74) is 5.78. The van der Waals surface area contributed by atoms with Crippen molar-refractivity contribution in [3.8, 4) is 0 Å². The summed E-state index contributed by atoms with van der Waals surface area (Å²) >= 11 is 0. The second-order valence-corrected chi connectivity index (χ2v) is 5.17. The van der Waals surface area contributed by atoms with Crippen LogP contribution in [0.25, 0.3) is 0 Å². The van der Waals surface area contributed by atoms with E-state index in [1.165, 1.54) is 0 Å². The molecule has 3 N–H and O–H groups in total. The van der Waals surface area contributed by atoms with E-state index in [9.17, 15) is 0 Å². The molecular formula is C12H26N2O. The second kappa shape index (κ2) is 6.46. The SMILES string of the molecule is CC(C)C(CN)CN1CCC(CO)CC1. The summed E-state index contributed by atoms with van der Waals surface area (Å²) in [6.45, 7) is 9.04. The summed E-state index contributed by atoms with van der Waals surface area (Å²) in [7, 11) is 0. The molecule has 0 radical (unpaired) electrons. The summed E-state index contributed by atoms with van der Waals surface area (Å²) in [4.78, 5) is 2.50. The lowest BCUT2D eigenvalue weighted by molar-refractivity contribution is 0.113. The van der Waals surface area contributed by atoms with Gasteiger partial charge in [-0.05, 0) is 50.2 Å². The smallest absolute Gasteiger partial charge is 0.0460 e. The van der Waals surface area contributed by atoms with Crippen molar-refractivity contribution in [2.45, 2.75) is 26.7 Å². The lowest BCUT2D eigenvalue weighted by Gasteiger charge is -2.34. The van der Waals surface area contributed by atoms with Crippen molar-refractivity contribution in [1.82, 2.24) is 4.90 Å². The van der Waals surface area contributed by atoms with Gasteiger partial charge in [0.25, 0.3) is 0 Å². The Morgan fingerprint density at radius 2 is 1.93 bits per heavy atom. The van der Waals surface area contributed by atoms with Crippen LogP contribution in [0, 0.1) is 17.8 Å². The van der Waals surface area contributed by atoms with Crippen LogP contribution in [0.1, 0.15) is 26.7 Å². The van der Waals surface area contributed by atoms with Crippen molar-refractivity contribution in [2.75, 3.05) is 32.8 Å². The average molecular weight is 214 g/mol. The summed E-state index contributed by atoms with van der Waals surface area (Å²) in [5, 5.41) is 9.06. The van der Waals surface area contributed by atoms with Crippen LogP contribution in [-0.4, -0.2) is 42.8 Å². The van der Waals surface area contributed by atoms with Crippen molar-refractivity contribution in [3.05, 3.63) is 0 Å². The highest BCUT2D eigenvalue weighted by Crippen LogP contribution is 2.19. The van der Waals surface area contributed by atoms with Crippen LogP contribution in [0.4, 0.5) is 0 Å². The first kappa shape index (κ1) is 12.9. The Labute approximate surface area is 93.6 Å². The largest absolute Gasteiger partial charge is 0.396 e. The minimum absolute atomic E-state index is 0.359. The van der Waals surface area contributed by atoms with Crippen LogP contribution >= 0.6 is 0 Å². The topological polar surface area (TPSA) is 49.5 Å². The van der Waals surface area contributed by atoms with E-state index in [0.717, 1.165) is 39.0 Å². The predicted molar refractivity (Wildman–Crippen MR) is 63.6 cm³/mol. The molecule has 0 aromatic heterocycles. The van der Waals surface area contributed by atoms with E-state index in [1.807, 2.05) is 0 Å². The van der Waals surface area contributed by atoms with E-state index in [0.29, 0.717) is 24.4 Å². The molecule has 1 atom stereocenters. The van der Waals surface area contributed by atoms with Gasteiger partial charge in [0.15, 0.2) is 0 Å². The van der Waals surface area contributed by atoms with Gasteiger partial charge in [-0.3, -0.25) is 0 Å². The third kappa shape index (κ3) is 4.09. The number of hydrogen-bond acceptors (Lipinski definition) is 3. The van der Waals surface area contributed by atoms with Crippen LogP contribution in [0.15, 0.2) is 0 Å². The Hall–Kier alpha value is -0.120. The van der Waals surface area contributed by atoms with Crippen LogP contribution < -0.4 is 5.73 Å². The Morgan fingerprint density at radius 1 is 1.33 bits per heavy atom. The number of aliphatic hydroxyl groups excluding tert-OH is 1. The Balaban J connectivity index is 2.28. The van der Waals surface area contributed by atoms with Crippen molar-refractivity contribution in [1.29, 1.82) is 0 Å². The quantitative estimate of drug-likeness (QED) is 0.715. The minimum atomic E-state index is 0.359. The maximum Gasteiger partial charge on any atom is 0.0460 e. The fraction of sp³-hybridized carbons (Fsp3) is 1.00. The molecule has 1 heterocycles. The number of nitrogens with zero attached hydrogens (tertiary/aromatic N) is 1. The van der Waals surface area contributed by atoms with Gasteiger partial charge in [0.1, 0.15) is 0 Å². The Kier molecular flexibility index (Phi) is 5.58. The number of aliphatic hydroxyl groups is 1. The van der Waals surface area contributed by atoms with Crippen LogP contribution in [-0.2, 0) is 0 Å². The average Bonchev–Trinajstić information content (AvgIpc) is 2.26. The molecule has 1 aliphatic rings. The van der Waals surface area contributed by atoms with Crippen molar-refractivity contribution in [2.24, 2.45) is 23.5 Å². The fourth-order valence-corrected chi connectivity index (χ4v) is 2.24. The van der Waals surface area contributed by atoms with E-state index in [1.54, 1.807) is 0 Å². The molecule has 3 heteroatoms. The van der Waals surface area contributed by atoms with Gasteiger partial charge in [0.2, 0.25) is 0 Å². The molecule has 0 aromatic carbocycles. The number of hydrogen-bond donors (Lipinski definition) is 2. The number of likely N-dealkylation sites (tertiary alicyclic amines) is 1. The molecule has 0 saturated carbocycles. The molecule has 0 spiro atoms. The highest BCUT2D eigenvalue weighted by molar-refractivity contribution is 4.75. The van der Waals surface area contributed by atoms with Gasteiger partial charge >= 0.3 is 0 Å². The van der Waals surface area contributed by atoms with E-state index in [-0.39, 0.29) is 0 Å². The van der Waals surface area contributed by atoms with E-state index in [2.05, 4.69) is 18.7 Å². The molecule has 0 amide bonds. The van der Waals surface area contributed by atoms with Gasteiger partial charge in [-0.2, -0.15) is 0 Å². The maximum absolute atomic E-state index is 9.06. The summed E-state index contributed by atoms with van der Waals surface area (Å²) in [6, 6.07) is 0. The third-order valence-corrected chi connectivity index (χ3v) is 3.70. The van der Waals surface area contributed by atoms with Gasteiger partial charge in [-0.25, -0.2) is 0 Å². The van der Waals surface area contributed by atoms with Crippen molar-refractivity contribution >= 4 is 0 Å². The number of rotatable bonds is 5. The molecule has 15 heavy (non-hydrogen) atoms.